The molecule has 2 aliphatic carbocycles. The Labute approximate surface area is 149 Å². The summed E-state index contributed by atoms with van der Waals surface area (Å²) in [5, 5.41) is 0. The molecule has 1 aromatic rings. The number of piperazine rings is 1. The SMILES string of the molecule is C[C@@H]1CN(C2CCC2)CCN1C(=O)C1CC1c1ccc(C(N)=O)cc1. The summed E-state index contributed by atoms with van der Waals surface area (Å²) >= 11 is 0. The Morgan fingerprint density at radius 3 is 2.40 bits per heavy atom. The fourth-order valence-electron chi connectivity index (χ4n) is 4.34. The first-order valence-electron chi connectivity index (χ1n) is 9.49. The molecule has 0 radical (unpaired) electrons. The highest BCUT2D eigenvalue weighted by Crippen LogP contribution is 2.48. The van der Waals surface area contributed by atoms with Crippen LogP contribution in [0.2, 0.25) is 0 Å². The summed E-state index contributed by atoms with van der Waals surface area (Å²) in [4.78, 5) is 28.8. The van der Waals surface area contributed by atoms with Gasteiger partial charge in [0, 0.05) is 43.2 Å². The maximum atomic E-state index is 12.9. The van der Waals surface area contributed by atoms with E-state index in [0.717, 1.165) is 37.7 Å². The van der Waals surface area contributed by atoms with Crippen LogP contribution in [0.25, 0.3) is 0 Å². The Hall–Kier alpha value is -1.88. The number of nitrogens with zero attached hydrogens (tertiary/aromatic N) is 2. The normalized spacial score (nSPS) is 30.0. The van der Waals surface area contributed by atoms with Gasteiger partial charge in [-0.05, 0) is 49.8 Å². The van der Waals surface area contributed by atoms with E-state index in [4.69, 9.17) is 5.73 Å². The maximum absolute atomic E-state index is 12.9. The zero-order valence-electron chi connectivity index (χ0n) is 14.9. The second-order valence-corrected chi connectivity index (χ2v) is 7.90. The highest BCUT2D eigenvalue weighted by atomic mass is 16.2. The van der Waals surface area contributed by atoms with E-state index >= 15 is 0 Å². The van der Waals surface area contributed by atoms with Gasteiger partial charge in [0.15, 0.2) is 0 Å². The second kappa shape index (κ2) is 6.45. The van der Waals surface area contributed by atoms with E-state index in [0.29, 0.717) is 23.4 Å². The molecular formula is C20H27N3O2. The lowest BCUT2D eigenvalue weighted by Crippen LogP contribution is -2.58. The van der Waals surface area contributed by atoms with Crippen LogP contribution in [-0.4, -0.2) is 53.3 Å². The van der Waals surface area contributed by atoms with Crippen molar-refractivity contribution in [1.29, 1.82) is 0 Å². The smallest absolute Gasteiger partial charge is 0.248 e. The number of carbonyl (C=O) groups is 2. The lowest BCUT2D eigenvalue weighted by Gasteiger charge is -2.46. The van der Waals surface area contributed by atoms with Gasteiger partial charge in [0.2, 0.25) is 11.8 Å². The number of hydrogen-bond donors (Lipinski definition) is 1. The van der Waals surface area contributed by atoms with Crippen LogP contribution in [0, 0.1) is 5.92 Å². The first kappa shape index (κ1) is 16.6. The average Bonchev–Trinajstić information content (AvgIpc) is 3.33. The van der Waals surface area contributed by atoms with Gasteiger partial charge in [-0.2, -0.15) is 0 Å². The summed E-state index contributed by atoms with van der Waals surface area (Å²) in [5.74, 6) is 0.307. The fourth-order valence-corrected chi connectivity index (χ4v) is 4.34. The number of amides is 2. The van der Waals surface area contributed by atoms with Crippen LogP contribution in [0.1, 0.15) is 54.4 Å². The minimum absolute atomic E-state index is 0.108. The number of rotatable bonds is 4. The summed E-state index contributed by atoms with van der Waals surface area (Å²) in [5.41, 5.74) is 6.95. The van der Waals surface area contributed by atoms with Crippen LogP contribution < -0.4 is 5.73 Å². The van der Waals surface area contributed by atoms with E-state index in [1.807, 2.05) is 12.1 Å². The summed E-state index contributed by atoms with van der Waals surface area (Å²) in [6.07, 6.45) is 4.93. The zero-order valence-corrected chi connectivity index (χ0v) is 14.9. The molecule has 3 fully saturated rings. The molecule has 2 amide bonds. The van der Waals surface area contributed by atoms with Gasteiger partial charge < -0.3 is 10.6 Å². The van der Waals surface area contributed by atoms with Gasteiger partial charge in [0.05, 0.1) is 0 Å². The van der Waals surface area contributed by atoms with Crippen LogP contribution in [0.5, 0.6) is 0 Å². The van der Waals surface area contributed by atoms with Crippen molar-refractivity contribution < 1.29 is 9.59 Å². The monoisotopic (exact) mass is 341 g/mol. The maximum Gasteiger partial charge on any atom is 0.248 e. The lowest BCUT2D eigenvalue weighted by atomic mass is 9.90. The quantitative estimate of drug-likeness (QED) is 0.910. The largest absolute Gasteiger partial charge is 0.366 e. The standard InChI is InChI=1S/C20H27N3O2/c1-13-12-22(16-3-2-4-16)9-10-23(13)20(25)18-11-17(18)14-5-7-15(8-6-14)19(21)24/h5-8,13,16-18H,2-4,9-12H2,1H3,(H2,21,24)/t13-,17?,18?/m1/s1. The molecule has 134 valence electrons. The molecule has 25 heavy (non-hydrogen) atoms. The molecule has 1 aliphatic heterocycles. The van der Waals surface area contributed by atoms with E-state index in [1.165, 1.54) is 19.3 Å². The molecule has 2 N–H and O–H groups in total. The van der Waals surface area contributed by atoms with E-state index in [1.54, 1.807) is 12.1 Å². The van der Waals surface area contributed by atoms with Crippen molar-refractivity contribution in [2.24, 2.45) is 11.7 Å². The summed E-state index contributed by atoms with van der Waals surface area (Å²) in [7, 11) is 0. The molecule has 0 aromatic heterocycles. The van der Waals surface area contributed by atoms with Crippen LogP contribution >= 0.6 is 0 Å². The first-order chi connectivity index (χ1) is 12.0. The highest BCUT2D eigenvalue weighted by Gasteiger charge is 2.47. The number of nitrogens with two attached hydrogens (primary N) is 1. The van der Waals surface area contributed by atoms with E-state index in [2.05, 4.69) is 16.7 Å². The van der Waals surface area contributed by atoms with Gasteiger partial charge in [0.25, 0.3) is 0 Å². The molecule has 0 spiro atoms. The first-order valence-corrected chi connectivity index (χ1v) is 9.49. The summed E-state index contributed by atoms with van der Waals surface area (Å²) in [6.45, 7) is 5.08. The molecule has 4 rings (SSSR count). The van der Waals surface area contributed by atoms with E-state index < -0.39 is 5.91 Å². The van der Waals surface area contributed by atoms with Crippen molar-refractivity contribution >= 4 is 11.8 Å². The zero-order chi connectivity index (χ0) is 17.6. The van der Waals surface area contributed by atoms with E-state index in [9.17, 15) is 9.59 Å². The molecule has 0 bridgehead atoms. The minimum atomic E-state index is -0.409. The number of hydrogen-bond acceptors (Lipinski definition) is 3. The molecular weight excluding hydrogens is 314 g/mol. The molecule has 2 saturated carbocycles. The van der Waals surface area contributed by atoms with Crippen molar-refractivity contribution in [3.63, 3.8) is 0 Å². The predicted octanol–water partition coefficient (Wildman–Crippen LogP) is 1.97. The van der Waals surface area contributed by atoms with Gasteiger partial charge in [-0.25, -0.2) is 0 Å². The van der Waals surface area contributed by atoms with Gasteiger partial charge in [-0.15, -0.1) is 0 Å². The molecule has 3 atom stereocenters. The van der Waals surface area contributed by atoms with Crippen molar-refractivity contribution in [3.05, 3.63) is 35.4 Å². The average molecular weight is 341 g/mol. The number of primary amides is 1. The lowest BCUT2D eigenvalue weighted by molar-refractivity contribution is -0.138. The van der Waals surface area contributed by atoms with Crippen LogP contribution in [-0.2, 0) is 4.79 Å². The Kier molecular flexibility index (Phi) is 4.28. The molecule has 1 aromatic carbocycles. The number of carbonyl (C=O) groups excluding carboxylic acids is 2. The van der Waals surface area contributed by atoms with Crippen molar-refractivity contribution in [2.45, 2.75) is 50.6 Å². The fraction of sp³-hybridized carbons (Fsp3) is 0.600. The highest BCUT2D eigenvalue weighted by molar-refractivity contribution is 5.92. The van der Waals surface area contributed by atoms with Gasteiger partial charge in [0.1, 0.15) is 0 Å². The molecule has 1 heterocycles. The predicted molar refractivity (Wildman–Crippen MR) is 96.2 cm³/mol. The van der Waals surface area contributed by atoms with Gasteiger partial charge >= 0.3 is 0 Å². The summed E-state index contributed by atoms with van der Waals surface area (Å²) in [6, 6.07) is 8.47. The van der Waals surface area contributed by atoms with Gasteiger partial charge in [-0.3, -0.25) is 14.5 Å². The Balaban J connectivity index is 1.35. The Morgan fingerprint density at radius 1 is 1.12 bits per heavy atom. The van der Waals surface area contributed by atoms with Gasteiger partial charge in [-0.1, -0.05) is 18.6 Å². The topological polar surface area (TPSA) is 66.6 Å². The molecule has 5 heteroatoms. The van der Waals surface area contributed by atoms with E-state index in [-0.39, 0.29) is 5.92 Å². The molecule has 5 nitrogen and oxygen atoms in total. The Morgan fingerprint density at radius 2 is 1.84 bits per heavy atom. The molecule has 1 saturated heterocycles. The van der Waals surface area contributed by atoms with Crippen molar-refractivity contribution in [1.82, 2.24) is 9.80 Å². The van der Waals surface area contributed by atoms with Crippen LogP contribution in [0.4, 0.5) is 0 Å². The van der Waals surface area contributed by atoms with Crippen LogP contribution in [0.15, 0.2) is 24.3 Å². The van der Waals surface area contributed by atoms with Crippen molar-refractivity contribution in [3.8, 4) is 0 Å². The van der Waals surface area contributed by atoms with Crippen LogP contribution in [0.3, 0.4) is 0 Å². The minimum Gasteiger partial charge on any atom is -0.366 e. The third-order valence-electron chi connectivity index (χ3n) is 6.26. The third kappa shape index (κ3) is 3.17. The molecule has 2 unspecified atom stereocenters. The molecule has 3 aliphatic rings. The van der Waals surface area contributed by atoms with Crippen molar-refractivity contribution in [2.75, 3.05) is 19.6 Å². The third-order valence-corrected chi connectivity index (χ3v) is 6.26. The summed E-state index contributed by atoms with van der Waals surface area (Å²) < 4.78 is 0. The second-order valence-electron chi connectivity index (χ2n) is 7.90. The Bertz CT molecular complexity index is 668. The number of benzene rings is 1.